The summed E-state index contributed by atoms with van der Waals surface area (Å²) < 4.78 is 35.7. The first kappa shape index (κ1) is 23.4. The molecule has 3 aliphatic rings. The van der Waals surface area contributed by atoms with Crippen LogP contribution in [0.25, 0.3) is 11.3 Å². The van der Waals surface area contributed by atoms with Gasteiger partial charge in [0.25, 0.3) is 5.91 Å². The van der Waals surface area contributed by atoms with Gasteiger partial charge in [0.05, 0.1) is 42.1 Å². The van der Waals surface area contributed by atoms with Crippen molar-refractivity contribution >= 4 is 15.7 Å². The first-order valence-corrected chi connectivity index (χ1v) is 14.2. The molecule has 0 aliphatic carbocycles. The SMILES string of the molecule is O=C(c1nn(C2CCCN(CCn3cccn3)C2)c2c1CS(=O)(=O)c1ccccc1-2)N1CCOCC1. The van der Waals surface area contributed by atoms with Crippen LogP contribution >= 0.6 is 0 Å². The van der Waals surface area contributed by atoms with Crippen molar-refractivity contribution in [2.45, 2.75) is 36.1 Å². The Morgan fingerprint density at radius 3 is 2.72 bits per heavy atom. The number of hydrogen-bond donors (Lipinski definition) is 0. The first-order valence-electron chi connectivity index (χ1n) is 12.5. The summed E-state index contributed by atoms with van der Waals surface area (Å²) in [6.07, 6.45) is 5.68. The number of fused-ring (bicyclic) bond motifs is 3. The monoisotopic (exact) mass is 510 g/mol. The number of likely N-dealkylation sites (tertiary alicyclic amines) is 1. The zero-order chi connectivity index (χ0) is 24.7. The van der Waals surface area contributed by atoms with E-state index in [0.29, 0.717) is 42.3 Å². The maximum absolute atomic E-state index is 13.6. The molecule has 1 unspecified atom stereocenters. The smallest absolute Gasteiger partial charge is 0.274 e. The van der Waals surface area contributed by atoms with E-state index in [-0.39, 0.29) is 23.4 Å². The summed E-state index contributed by atoms with van der Waals surface area (Å²) in [6, 6.07) is 9.06. The summed E-state index contributed by atoms with van der Waals surface area (Å²) in [5, 5.41) is 9.18. The largest absolute Gasteiger partial charge is 0.378 e. The van der Waals surface area contributed by atoms with Crippen molar-refractivity contribution in [1.82, 2.24) is 29.4 Å². The lowest BCUT2D eigenvalue weighted by Crippen LogP contribution is -2.41. The van der Waals surface area contributed by atoms with Crippen LogP contribution in [-0.2, 0) is 26.9 Å². The highest BCUT2D eigenvalue weighted by Crippen LogP contribution is 2.41. The van der Waals surface area contributed by atoms with Gasteiger partial charge in [-0.25, -0.2) is 8.42 Å². The van der Waals surface area contributed by atoms with Gasteiger partial charge in [0.15, 0.2) is 15.5 Å². The van der Waals surface area contributed by atoms with Crippen LogP contribution in [0.1, 0.15) is 34.9 Å². The molecule has 5 heterocycles. The third-order valence-corrected chi connectivity index (χ3v) is 9.05. The second kappa shape index (κ2) is 9.45. The van der Waals surface area contributed by atoms with E-state index in [0.717, 1.165) is 44.7 Å². The molecule has 1 atom stereocenters. The minimum absolute atomic E-state index is 0.0465. The number of nitrogens with zero attached hydrogens (tertiary/aromatic N) is 6. The number of rotatable bonds is 5. The standard InChI is InChI=1S/C25H30N6O4S/c32-25(29-13-15-35-16-14-29)23-21-18-36(33,34)22-7-2-1-6-20(22)24(21)31(27-23)19-5-3-9-28(17-19)11-12-30-10-4-8-26-30/h1-2,4,6-8,10,19H,3,5,9,11-18H2. The van der Waals surface area contributed by atoms with E-state index in [9.17, 15) is 13.2 Å². The summed E-state index contributed by atoms with van der Waals surface area (Å²) in [5.74, 6) is -0.422. The van der Waals surface area contributed by atoms with Gasteiger partial charge in [-0.2, -0.15) is 10.2 Å². The van der Waals surface area contributed by atoms with Crippen LogP contribution < -0.4 is 0 Å². The number of ether oxygens (including phenoxy) is 1. The number of piperidine rings is 1. The van der Waals surface area contributed by atoms with Crippen molar-refractivity contribution in [2.24, 2.45) is 0 Å². The molecule has 1 amide bonds. The molecule has 3 aliphatic heterocycles. The molecule has 2 fully saturated rings. The predicted octanol–water partition coefficient (Wildman–Crippen LogP) is 1.84. The van der Waals surface area contributed by atoms with Gasteiger partial charge in [-0.1, -0.05) is 18.2 Å². The number of amides is 1. The van der Waals surface area contributed by atoms with E-state index in [1.54, 1.807) is 23.2 Å². The van der Waals surface area contributed by atoms with Crippen molar-refractivity contribution < 1.29 is 17.9 Å². The second-order valence-electron chi connectivity index (χ2n) is 9.65. The van der Waals surface area contributed by atoms with Crippen molar-refractivity contribution in [3.63, 3.8) is 0 Å². The highest BCUT2D eigenvalue weighted by Gasteiger charge is 2.38. The molecule has 36 heavy (non-hydrogen) atoms. The molecule has 11 heteroatoms. The van der Waals surface area contributed by atoms with Crippen LogP contribution in [0, 0.1) is 0 Å². The Balaban J connectivity index is 1.38. The minimum atomic E-state index is -3.57. The number of morpholine rings is 1. The topological polar surface area (TPSA) is 103 Å². The molecular formula is C25H30N6O4S. The molecular weight excluding hydrogens is 480 g/mol. The van der Waals surface area contributed by atoms with Crippen molar-refractivity contribution in [2.75, 3.05) is 45.9 Å². The molecule has 0 radical (unpaired) electrons. The van der Waals surface area contributed by atoms with E-state index >= 15 is 0 Å². The fourth-order valence-corrected chi connectivity index (χ4v) is 7.15. The van der Waals surface area contributed by atoms with E-state index in [4.69, 9.17) is 9.84 Å². The lowest BCUT2D eigenvalue weighted by molar-refractivity contribution is 0.0297. The Morgan fingerprint density at radius 2 is 1.92 bits per heavy atom. The van der Waals surface area contributed by atoms with Gasteiger partial charge in [-0.3, -0.25) is 19.1 Å². The third-order valence-electron chi connectivity index (χ3n) is 7.35. The van der Waals surface area contributed by atoms with Gasteiger partial charge in [0.1, 0.15) is 0 Å². The number of hydrogen-bond acceptors (Lipinski definition) is 7. The van der Waals surface area contributed by atoms with Crippen LogP contribution in [0.4, 0.5) is 0 Å². The number of benzene rings is 1. The fourth-order valence-electron chi connectivity index (χ4n) is 5.56. The Labute approximate surface area is 210 Å². The Hall–Kier alpha value is -3.02. The number of sulfone groups is 1. The highest BCUT2D eigenvalue weighted by atomic mass is 32.2. The molecule has 6 rings (SSSR count). The molecule has 0 N–H and O–H groups in total. The number of aromatic nitrogens is 4. The third kappa shape index (κ3) is 4.25. The quantitative estimate of drug-likeness (QED) is 0.516. The summed E-state index contributed by atoms with van der Waals surface area (Å²) in [5.41, 5.74) is 2.20. The molecule has 0 bridgehead atoms. The van der Waals surface area contributed by atoms with Crippen molar-refractivity contribution in [3.8, 4) is 11.3 Å². The average Bonchev–Trinajstić information content (AvgIpc) is 3.56. The number of carbonyl (C=O) groups is 1. The van der Waals surface area contributed by atoms with Gasteiger partial charge in [-0.15, -0.1) is 0 Å². The zero-order valence-electron chi connectivity index (χ0n) is 20.1. The Kier molecular flexibility index (Phi) is 6.14. The van der Waals surface area contributed by atoms with E-state index in [2.05, 4.69) is 10.00 Å². The van der Waals surface area contributed by atoms with Crippen LogP contribution in [0.15, 0.2) is 47.6 Å². The predicted molar refractivity (Wildman–Crippen MR) is 132 cm³/mol. The number of carbonyl (C=O) groups excluding carboxylic acids is 1. The molecule has 0 spiro atoms. The Morgan fingerprint density at radius 1 is 1.08 bits per heavy atom. The molecule has 190 valence electrons. The summed E-state index contributed by atoms with van der Waals surface area (Å²) in [4.78, 5) is 18.0. The molecule has 1 aromatic carbocycles. The molecule has 10 nitrogen and oxygen atoms in total. The maximum Gasteiger partial charge on any atom is 0.274 e. The van der Waals surface area contributed by atoms with E-state index < -0.39 is 9.84 Å². The minimum Gasteiger partial charge on any atom is -0.378 e. The fraction of sp³-hybridized carbons (Fsp3) is 0.480. The van der Waals surface area contributed by atoms with Gasteiger partial charge < -0.3 is 9.64 Å². The van der Waals surface area contributed by atoms with Crippen molar-refractivity contribution in [1.29, 1.82) is 0 Å². The first-order chi connectivity index (χ1) is 17.5. The summed E-state index contributed by atoms with van der Waals surface area (Å²) >= 11 is 0. The molecule has 2 saturated heterocycles. The lowest BCUT2D eigenvalue weighted by atomic mass is 10.0. The van der Waals surface area contributed by atoms with Crippen LogP contribution in [-0.4, -0.2) is 89.6 Å². The second-order valence-corrected chi connectivity index (χ2v) is 11.6. The van der Waals surface area contributed by atoms with E-state index in [1.807, 2.05) is 33.8 Å². The van der Waals surface area contributed by atoms with Crippen LogP contribution in [0.5, 0.6) is 0 Å². The van der Waals surface area contributed by atoms with Gasteiger partial charge in [-0.05, 0) is 31.5 Å². The van der Waals surface area contributed by atoms with Gasteiger partial charge in [0, 0.05) is 49.7 Å². The molecule has 3 aromatic rings. The maximum atomic E-state index is 13.6. The molecule has 2 aromatic heterocycles. The normalized spacial score (nSPS) is 21.7. The lowest BCUT2D eigenvalue weighted by Gasteiger charge is -2.34. The summed E-state index contributed by atoms with van der Waals surface area (Å²) in [7, 11) is -3.57. The van der Waals surface area contributed by atoms with Crippen LogP contribution in [0.2, 0.25) is 0 Å². The summed E-state index contributed by atoms with van der Waals surface area (Å²) in [6.45, 7) is 5.36. The van der Waals surface area contributed by atoms with Gasteiger partial charge in [0.2, 0.25) is 0 Å². The van der Waals surface area contributed by atoms with Crippen molar-refractivity contribution in [3.05, 3.63) is 54.0 Å². The molecule has 0 saturated carbocycles. The Bertz CT molecular complexity index is 1360. The van der Waals surface area contributed by atoms with Gasteiger partial charge >= 0.3 is 0 Å². The van der Waals surface area contributed by atoms with E-state index in [1.165, 1.54) is 0 Å². The highest BCUT2D eigenvalue weighted by molar-refractivity contribution is 7.90. The average molecular weight is 511 g/mol. The zero-order valence-corrected chi connectivity index (χ0v) is 20.9. The van der Waals surface area contributed by atoms with Crippen LogP contribution in [0.3, 0.4) is 0 Å².